The van der Waals surface area contributed by atoms with Gasteiger partial charge in [-0.15, -0.1) is 0 Å². The monoisotopic (exact) mass is 499 g/mol. The van der Waals surface area contributed by atoms with Gasteiger partial charge in [0.15, 0.2) is 17.3 Å². The molecule has 3 heterocycles. The van der Waals surface area contributed by atoms with Crippen molar-refractivity contribution in [1.29, 1.82) is 0 Å². The Bertz CT molecular complexity index is 1670. The molecular formula is C27H26FN7O2. The molecule has 9 nitrogen and oxygen atoms in total. The number of halogens is 1. The Balaban J connectivity index is 1.62. The van der Waals surface area contributed by atoms with Gasteiger partial charge in [0.05, 0.1) is 18.9 Å². The summed E-state index contributed by atoms with van der Waals surface area (Å²) in [5, 5.41) is 8.44. The molecule has 2 aromatic carbocycles. The van der Waals surface area contributed by atoms with Crippen molar-refractivity contribution in [2.45, 2.75) is 26.9 Å². The molecule has 10 heteroatoms. The number of para-hydroxylation sites is 1. The topological polar surface area (TPSA) is 99.6 Å². The molecule has 1 N–H and O–H groups in total. The highest BCUT2D eigenvalue weighted by atomic mass is 19.1. The molecule has 188 valence electrons. The number of rotatable bonds is 7. The van der Waals surface area contributed by atoms with Crippen LogP contribution in [0.2, 0.25) is 0 Å². The third-order valence-electron chi connectivity index (χ3n) is 5.98. The highest BCUT2D eigenvalue weighted by Gasteiger charge is 2.22. The van der Waals surface area contributed by atoms with Gasteiger partial charge in [0.1, 0.15) is 11.2 Å². The molecule has 5 aromatic rings. The molecule has 0 spiro atoms. The van der Waals surface area contributed by atoms with E-state index >= 15 is 0 Å². The maximum Gasteiger partial charge on any atom is 0.332 e. The van der Waals surface area contributed by atoms with Crippen LogP contribution >= 0.6 is 0 Å². The molecule has 0 saturated heterocycles. The second kappa shape index (κ2) is 9.81. The van der Waals surface area contributed by atoms with Crippen LogP contribution in [-0.2, 0) is 20.1 Å². The van der Waals surface area contributed by atoms with E-state index in [1.165, 1.54) is 7.05 Å². The maximum atomic E-state index is 13.3. The standard InChI is InChI=1S/C27H26FN7O2/c1-17(2)15-34-25-22(26(36)33(3)27(34)37)24(31-21-7-5-4-6-8-21)35(32-25)16-18-9-11-19(12-10-18)23-29-13-20(28)14-30-23/h4-14,17,31H,15-16H2,1-3H3. The van der Waals surface area contributed by atoms with Crippen molar-refractivity contribution in [3.63, 3.8) is 0 Å². The fourth-order valence-corrected chi connectivity index (χ4v) is 4.18. The summed E-state index contributed by atoms with van der Waals surface area (Å²) in [5.74, 6) is 0.609. The van der Waals surface area contributed by atoms with E-state index in [1.807, 2.05) is 68.4 Å². The molecule has 0 unspecified atom stereocenters. The smallest absolute Gasteiger partial charge is 0.332 e. The average Bonchev–Trinajstić information content (AvgIpc) is 3.24. The van der Waals surface area contributed by atoms with E-state index in [0.29, 0.717) is 35.8 Å². The SMILES string of the molecule is CC(C)Cn1c(=O)n(C)c(=O)c2c(Nc3ccccc3)n(Cc3ccc(-c4ncc(F)cn4)cc3)nc21. The Labute approximate surface area is 211 Å². The number of aromatic nitrogens is 6. The molecule has 0 fully saturated rings. The van der Waals surface area contributed by atoms with Crippen molar-refractivity contribution in [2.24, 2.45) is 13.0 Å². The van der Waals surface area contributed by atoms with Gasteiger partial charge in [0.25, 0.3) is 5.56 Å². The van der Waals surface area contributed by atoms with E-state index in [4.69, 9.17) is 5.10 Å². The highest BCUT2D eigenvalue weighted by Crippen LogP contribution is 2.25. The van der Waals surface area contributed by atoms with Gasteiger partial charge in [0, 0.05) is 24.8 Å². The Kier molecular flexibility index (Phi) is 6.39. The van der Waals surface area contributed by atoms with E-state index < -0.39 is 17.1 Å². The third kappa shape index (κ3) is 4.77. The first-order chi connectivity index (χ1) is 17.8. The highest BCUT2D eigenvalue weighted by molar-refractivity contribution is 5.89. The number of benzene rings is 2. The van der Waals surface area contributed by atoms with Crippen molar-refractivity contribution >= 4 is 22.5 Å². The zero-order chi connectivity index (χ0) is 26.1. The Morgan fingerprint density at radius 1 is 0.973 bits per heavy atom. The lowest BCUT2D eigenvalue weighted by Crippen LogP contribution is -2.38. The van der Waals surface area contributed by atoms with Gasteiger partial charge >= 0.3 is 5.69 Å². The second-order valence-electron chi connectivity index (χ2n) is 9.27. The Morgan fingerprint density at radius 2 is 1.65 bits per heavy atom. The molecule has 3 aromatic heterocycles. The number of anilines is 2. The van der Waals surface area contributed by atoms with Crippen molar-refractivity contribution in [3.8, 4) is 11.4 Å². The summed E-state index contributed by atoms with van der Waals surface area (Å²) in [6.07, 6.45) is 2.26. The van der Waals surface area contributed by atoms with Crippen molar-refractivity contribution in [1.82, 2.24) is 28.9 Å². The lowest BCUT2D eigenvalue weighted by atomic mass is 10.1. The molecule has 5 rings (SSSR count). The molecule has 0 atom stereocenters. The third-order valence-corrected chi connectivity index (χ3v) is 5.98. The van der Waals surface area contributed by atoms with Crippen molar-refractivity contribution in [2.75, 3.05) is 5.32 Å². The summed E-state index contributed by atoms with van der Waals surface area (Å²) in [5.41, 5.74) is 1.98. The van der Waals surface area contributed by atoms with E-state index in [-0.39, 0.29) is 5.92 Å². The molecule has 0 radical (unpaired) electrons. The molecular weight excluding hydrogens is 473 g/mol. The van der Waals surface area contributed by atoms with Gasteiger partial charge in [0.2, 0.25) is 0 Å². The predicted molar refractivity (Wildman–Crippen MR) is 140 cm³/mol. The van der Waals surface area contributed by atoms with Crippen LogP contribution in [0.15, 0.2) is 76.6 Å². The lowest BCUT2D eigenvalue weighted by molar-refractivity contribution is 0.498. The van der Waals surface area contributed by atoms with E-state index in [9.17, 15) is 14.0 Å². The minimum absolute atomic E-state index is 0.176. The molecule has 0 amide bonds. The van der Waals surface area contributed by atoms with Crippen molar-refractivity contribution in [3.05, 3.63) is 99.2 Å². The van der Waals surface area contributed by atoms with E-state index in [2.05, 4.69) is 15.3 Å². The van der Waals surface area contributed by atoms with E-state index in [0.717, 1.165) is 33.8 Å². The molecule has 0 saturated carbocycles. The quantitative estimate of drug-likeness (QED) is 0.364. The first-order valence-electron chi connectivity index (χ1n) is 11.9. The van der Waals surface area contributed by atoms with Crippen molar-refractivity contribution < 1.29 is 4.39 Å². The molecule has 0 aliphatic rings. The fourth-order valence-electron chi connectivity index (χ4n) is 4.18. The van der Waals surface area contributed by atoms with Crippen LogP contribution in [0.4, 0.5) is 15.9 Å². The van der Waals surface area contributed by atoms with Gasteiger partial charge in [-0.25, -0.2) is 23.8 Å². The largest absolute Gasteiger partial charge is 0.340 e. The number of hydrogen-bond acceptors (Lipinski definition) is 6. The summed E-state index contributed by atoms with van der Waals surface area (Å²) in [4.78, 5) is 34.4. The van der Waals surface area contributed by atoms with Gasteiger partial charge in [-0.1, -0.05) is 56.3 Å². The fraction of sp³-hybridized carbons (Fsp3) is 0.222. The predicted octanol–water partition coefficient (Wildman–Crippen LogP) is 3.94. The summed E-state index contributed by atoms with van der Waals surface area (Å²) >= 11 is 0. The Hall–Kier alpha value is -4.60. The van der Waals surface area contributed by atoms with Crippen LogP contribution in [0.25, 0.3) is 22.4 Å². The van der Waals surface area contributed by atoms with Gasteiger partial charge in [-0.3, -0.25) is 13.9 Å². The average molecular weight is 500 g/mol. The van der Waals surface area contributed by atoms with Gasteiger partial charge in [-0.05, 0) is 23.6 Å². The van der Waals surface area contributed by atoms with Gasteiger partial charge in [-0.2, -0.15) is 5.10 Å². The van der Waals surface area contributed by atoms with Crippen LogP contribution in [0.5, 0.6) is 0 Å². The normalized spacial score (nSPS) is 11.4. The zero-order valence-corrected chi connectivity index (χ0v) is 20.7. The minimum atomic E-state index is -0.494. The number of fused-ring (bicyclic) bond motifs is 1. The molecule has 0 bridgehead atoms. The van der Waals surface area contributed by atoms with E-state index in [1.54, 1.807) is 9.25 Å². The van der Waals surface area contributed by atoms with Gasteiger partial charge < -0.3 is 5.32 Å². The maximum absolute atomic E-state index is 13.3. The molecule has 0 aliphatic carbocycles. The lowest BCUT2D eigenvalue weighted by Gasteiger charge is -2.12. The first-order valence-corrected chi connectivity index (χ1v) is 11.9. The minimum Gasteiger partial charge on any atom is -0.340 e. The Morgan fingerprint density at radius 3 is 2.30 bits per heavy atom. The molecule has 37 heavy (non-hydrogen) atoms. The van der Waals surface area contributed by atoms with Crippen LogP contribution in [0.1, 0.15) is 19.4 Å². The zero-order valence-electron chi connectivity index (χ0n) is 20.7. The number of nitrogens with zero attached hydrogens (tertiary/aromatic N) is 6. The summed E-state index contributed by atoms with van der Waals surface area (Å²) in [7, 11) is 1.49. The second-order valence-corrected chi connectivity index (χ2v) is 9.27. The van der Waals surface area contributed by atoms with Crippen LogP contribution in [-0.4, -0.2) is 28.9 Å². The first kappa shape index (κ1) is 24.1. The van der Waals surface area contributed by atoms with Crippen LogP contribution < -0.4 is 16.6 Å². The number of nitrogens with one attached hydrogen (secondary N) is 1. The van der Waals surface area contributed by atoms with Crippen LogP contribution in [0.3, 0.4) is 0 Å². The van der Waals surface area contributed by atoms with Crippen LogP contribution in [0, 0.1) is 11.7 Å². The summed E-state index contributed by atoms with van der Waals surface area (Å²) < 4.78 is 17.6. The molecule has 0 aliphatic heterocycles. The summed E-state index contributed by atoms with van der Waals surface area (Å²) in [6, 6.07) is 17.0. The summed E-state index contributed by atoms with van der Waals surface area (Å²) in [6.45, 7) is 4.79. The number of hydrogen-bond donors (Lipinski definition) is 1.